The van der Waals surface area contributed by atoms with Gasteiger partial charge in [-0.05, 0) is 24.0 Å². The van der Waals surface area contributed by atoms with E-state index in [0.29, 0.717) is 0 Å². The lowest BCUT2D eigenvalue weighted by Gasteiger charge is -2.24. The van der Waals surface area contributed by atoms with Crippen molar-refractivity contribution < 1.29 is 0 Å². The summed E-state index contributed by atoms with van der Waals surface area (Å²) in [4.78, 5) is 0. The van der Waals surface area contributed by atoms with E-state index in [-0.39, 0.29) is 10.8 Å². The fraction of sp³-hybridized carbons (Fsp3) is 0.364. The van der Waals surface area contributed by atoms with Gasteiger partial charge in [-0.1, -0.05) is 88.4 Å². The molecule has 2 atom stereocenters. The van der Waals surface area contributed by atoms with Crippen LogP contribution in [-0.4, -0.2) is 12.4 Å². The van der Waals surface area contributed by atoms with E-state index in [1.54, 1.807) is 0 Å². The van der Waals surface area contributed by atoms with Crippen LogP contribution in [0.25, 0.3) is 0 Å². The van der Waals surface area contributed by atoms with Crippen molar-refractivity contribution in [1.82, 2.24) is 0 Å². The Labute approximate surface area is 146 Å². The minimum Gasteiger partial charge on any atom is -0.163 e. The Morgan fingerprint density at radius 1 is 0.667 bits per heavy atom. The maximum absolute atomic E-state index is 4.39. The molecule has 0 aliphatic heterocycles. The van der Waals surface area contributed by atoms with Crippen molar-refractivity contribution in [1.29, 1.82) is 0 Å². The lowest BCUT2D eigenvalue weighted by molar-refractivity contribution is 0.618. The van der Waals surface area contributed by atoms with E-state index in [4.69, 9.17) is 0 Å². The van der Waals surface area contributed by atoms with Crippen LogP contribution in [0.1, 0.15) is 51.7 Å². The van der Waals surface area contributed by atoms with Gasteiger partial charge in [-0.2, -0.15) is 10.2 Å². The van der Waals surface area contributed by atoms with Crippen molar-refractivity contribution in [2.45, 2.75) is 51.4 Å². The predicted octanol–water partition coefficient (Wildman–Crippen LogP) is 5.78. The first kappa shape index (κ1) is 18.1. The molecule has 0 bridgehead atoms. The molecular formula is C22H28N2. The molecular weight excluding hydrogens is 292 g/mol. The number of hydrogen-bond donors (Lipinski definition) is 0. The number of benzene rings is 2. The van der Waals surface area contributed by atoms with Crippen molar-refractivity contribution in [3.05, 3.63) is 71.8 Å². The first-order chi connectivity index (χ1) is 11.5. The highest BCUT2D eigenvalue weighted by molar-refractivity contribution is 5.76. The molecule has 0 saturated carbocycles. The van der Waals surface area contributed by atoms with Crippen LogP contribution in [0, 0.1) is 0 Å². The molecule has 2 unspecified atom stereocenters. The van der Waals surface area contributed by atoms with E-state index >= 15 is 0 Å². The molecule has 2 nitrogen and oxygen atoms in total. The largest absolute Gasteiger partial charge is 0.163 e. The summed E-state index contributed by atoms with van der Waals surface area (Å²) in [7, 11) is 0. The summed E-state index contributed by atoms with van der Waals surface area (Å²) in [5.41, 5.74) is 2.36. The number of rotatable bonds is 7. The first-order valence-electron chi connectivity index (χ1n) is 8.74. The Morgan fingerprint density at radius 2 is 1.00 bits per heavy atom. The van der Waals surface area contributed by atoms with Crippen LogP contribution < -0.4 is 0 Å². The molecule has 2 heteroatoms. The van der Waals surface area contributed by atoms with Crippen LogP contribution in [0.5, 0.6) is 0 Å². The maximum Gasteiger partial charge on any atom is 0.0373 e. The fourth-order valence-electron chi connectivity index (χ4n) is 2.70. The fourth-order valence-corrected chi connectivity index (χ4v) is 2.70. The van der Waals surface area contributed by atoms with Gasteiger partial charge in [0.15, 0.2) is 0 Å². The van der Waals surface area contributed by atoms with E-state index in [1.165, 1.54) is 11.1 Å². The Balaban J connectivity index is 2.18. The lowest BCUT2D eigenvalue weighted by Crippen LogP contribution is -2.23. The first-order valence-corrected chi connectivity index (χ1v) is 8.74. The van der Waals surface area contributed by atoms with E-state index in [9.17, 15) is 0 Å². The third kappa shape index (κ3) is 4.19. The van der Waals surface area contributed by atoms with E-state index in [1.807, 2.05) is 24.6 Å². The van der Waals surface area contributed by atoms with Gasteiger partial charge < -0.3 is 0 Å². The molecule has 0 aliphatic carbocycles. The van der Waals surface area contributed by atoms with E-state index in [2.05, 4.69) is 86.4 Å². The van der Waals surface area contributed by atoms with Crippen molar-refractivity contribution in [3.8, 4) is 0 Å². The average Bonchev–Trinajstić information content (AvgIpc) is 2.66. The number of hydrogen-bond acceptors (Lipinski definition) is 2. The predicted molar refractivity (Wildman–Crippen MR) is 105 cm³/mol. The molecule has 0 radical (unpaired) electrons. The molecule has 2 aromatic carbocycles. The van der Waals surface area contributed by atoms with Crippen LogP contribution in [-0.2, 0) is 10.8 Å². The normalized spacial score (nSPS) is 17.0. The smallest absolute Gasteiger partial charge is 0.0373 e. The highest BCUT2D eigenvalue weighted by Crippen LogP contribution is 2.26. The zero-order valence-corrected chi connectivity index (χ0v) is 15.2. The molecule has 24 heavy (non-hydrogen) atoms. The summed E-state index contributed by atoms with van der Waals surface area (Å²) in [6.45, 7) is 8.78. The number of nitrogens with zero attached hydrogens (tertiary/aromatic N) is 2. The second-order valence-electron chi connectivity index (χ2n) is 6.76. The summed E-state index contributed by atoms with van der Waals surface area (Å²) in [5, 5.41) is 8.79. The van der Waals surface area contributed by atoms with Gasteiger partial charge >= 0.3 is 0 Å². The van der Waals surface area contributed by atoms with Gasteiger partial charge in [0.05, 0.1) is 0 Å². The molecule has 0 heterocycles. The minimum absolute atomic E-state index is 0.0893. The van der Waals surface area contributed by atoms with Gasteiger partial charge in [0.25, 0.3) is 0 Å². The highest BCUT2D eigenvalue weighted by Gasteiger charge is 2.23. The Kier molecular flexibility index (Phi) is 6.08. The van der Waals surface area contributed by atoms with E-state index < -0.39 is 0 Å². The topological polar surface area (TPSA) is 24.7 Å². The molecule has 0 fully saturated rings. The Bertz CT molecular complexity index is 614. The molecule has 0 saturated heterocycles. The second kappa shape index (κ2) is 8.05. The lowest BCUT2D eigenvalue weighted by atomic mass is 9.81. The molecule has 0 N–H and O–H groups in total. The minimum atomic E-state index is -0.0893. The summed E-state index contributed by atoms with van der Waals surface area (Å²) >= 11 is 0. The third-order valence-electron chi connectivity index (χ3n) is 5.09. The van der Waals surface area contributed by atoms with Crippen LogP contribution in [0.3, 0.4) is 0 Å². The SMILES string of the molecule is CCC(C)(/C=N/N=C/C(C)(CC)c1ccccc1)c1ccccc1. The van der Waals surface area contributed by atoms with Gasteiger partial charge in [-0.15, -0.1) is 0 Å². The van der Waals surface area contributed by atoms with Gasteiger partial charge in [0, 0.05) is 23.3 Å². The quantitative estimate of drug-likeness (QED) is 0.456. The van der Waals surface area contributed by atoms with Crippen molar-refractivity contribution in [2.24, 2.45) is 10.2 Å². The van der Waals surface area contributed by atoms with Crippen LogP contribution in [0.2, 0.25) is 0 Å². The van der Waals surface area contributed by atoms with Crippen molar-refractivity contribution >= 4 is 12.4 Å². The van der Waals surface area contributed by atoms with Crippen LogP contribution in [0.15, 0.2) is 70.9 Å². The molecule has 0 aromatic heterocycles. The summed E-state index contributed by atoms with van der Waals surface area (Å²) < 4.78 is 0. The summed E-state index contributed by atoms with van der Waals surface area (Å²) in [6, 6.07) is 21.0. The van der Waals surface area contributed by atoms with Crippen LogP contribution in [0.4, 0.5) is 0 Å². The van der Waals surface area contributed by atoms with Gasteiger partial charge in [-0.3, -0.25) is 0 Å². The van der Waals surface area contributed by atoms with Crippen molar-refractivity contribution in [3.63, 3.8) is 0 Å². The highest BCUT2D eigenvalue weighted by atomic mass is 15.2. The van der Waals surface area contributed by atoms with E-state index in [0.717, 1.165) is 12.8 Å². The molecule has 126 valence electrons. The maximum atomic E-state index is 4.39. The molecule has 0 aliphatic rings. The van der Waals surface area contributed by atoms with Crippen LogP contribution >= 0.6 is 0 Å². The van der Waals surface area contributed by atoms with Gasteiger partial charge in [0.2, 0.25) is 0 Å². The average molecular weight is 320 g/mol. The zero-order chi connectivity index (χ0) is 17.5. The molecule has 2 rings (SSSR count). The Hall–Kier alpha value is -2.22. The van der Waals surface area contributed by atoms with Gasteiger partial charge in [0.1, 0.15) is 0 Å². The Morgan fingerprint density at radius 3 is 1.29 bits per heavy atom. The zero-order valence-electron chi connectivity index (χ0n) is 15.2. The third-order valence-corrected chi connectivity index (χ3v) is 5.09. The molecule has 2 aromatic rings. The second-order valence-corrected chi connectivity index (χ2v) is 6.76. The standard InChI is InChI=1S/C22H28N2/c1-5-21(3,19-13-9-7-10-14-19)17-23-24-18-22(4,6-2)20-15-11-8-12-16-20/h7-18H,5-6H2,1-4H3/b23-17+,24-18+. The summed E-state index contributed by atoms with van der Waals surface area (Å²) in [6.07, 6.45) is 5.92. The molecule has 0 amide bonds. The monoisotopic (exact) mass is 320 g/mol. The van der Waals surface area contributed by atoms with Crippen molar-refractivity contribution in [2.75, 3.05) is 0 Å². The van der Waals surface area contributed by atoms with Gasteiger partial charge in [-0.25, -0.2) is 0 Å². The summed E-state index contributed by atoms with van der Waals surface area (Å²) in [5.74, 6) is 0. The molecule has 0 spiro atoms.